The number of hydrogen-bond donors (Lipinski definition) is 2. The lowest BCUT2D eigenvalue weighted by Gasteiger charge is -2.39. The van der Waals surface area contributed by atoms with Crippen molar-refractivity contribution in [3.05, 3.63) is 11.8 Å². The third-order valence-corrected chi connectivity index (χ3v) is 3.51. The van der Waals surface area contributed by atoms with Crippen LogP contribution in [0.2, 0.25) is 0 Å². The van der Waals surface area contributed by atoms with Crippen molar-refractivity contribution in [3.8, 4) is 0 Å². The highest BCUT2D eigenvalue weighted by Crippen LogP contribution is 2.30. The summed E-state index contributed by atoms with van der Waals surface area (Å²) in [5, 5.41) is 12.0. The molecule has 5 nitrogen and oxygen atoms in total. The molecule has 1 fully saturated rings. The van der Waals surface area contributed by atoms with E-state index in [0.29, 0.717) is 12.0 Å². The summed E-state index contributed by atoms with van der Waals surface area (Å²) in [6.07, 6.45) is 6.39. The summed E-state index contributed by atoms with van der Waals surface area (Å²) in [4.78, 5) is 11.1. The predicted octanol–water partition coefficient (Wildman–Crippen LogP) is 1.57. The van der Waals surface area contributed by atoms with Gasteiger partial charge in [-0.2, -0.15) is 4.98 Å². The van der Waals surface area contributed by atoms with Crippen LogP contribution in [-0.4, -0.2) is 41.3 Å². The standard InChI is InChI=1S/C13H22N4O/c1-10-9-15-13(14-2)16-12(10)17(7-4-8-18)11-5-3-6-11/h9,11,18H,3-8H2,1-2H3,(H,14,15,16). The molecule has 0 spiro atoms. The van der Waals surface area contributed by atoms with Crippen LogP contribution in [0.15, 0.2) is 6.20 Å². The fourth-order valence-electron chi connectivity index (χ4n) is 2.25. The van der Waals surface area contributed by atoms with Crippen LogP contribution in [0, 0.1) is 6.92 Å². The lowest BCUT2D eigenvalue weighted by molar-refractivity contribution is 0.282. The first-order valence-electron chi connectivity index (χ1n) is 6.65. The van der Waals surface area contributed by atoms with Gasteiger partial charge in [-0.15, -0.1) is 0 Å². The quantitative estimate of drug-likeness (QED) is 0.802. The van der Waals surface area contributed by atoms with Crippen LogP contribution in [0.5, 0.6) is 0 Å². The van der Waals surface area contributed by atoms with Crippen molar-refractivity contribution in [2.75, 3.05) is 30.4 Å². The van der Waals surface area contributed by atoms with Gasteiger partial charge in [0.25, 0.3) is 0 Å². The molecule has 100 valence electrons. The van der Waals surface area contributed by atoms with Gasteiger partial charge in [-0.3, -0.25) is 0 Å². The van der Waals surface area contributed by atoms with Gasteiger partial charge in [-0.05, 0) is 32.6 Å². The molecule has 0 atom stereocenters. The summed E-state index contributed by atoms with van der Waals surface area (Å²) in [5.41, 5.74) is 1.10. The Balaban J connectivity index is 2.22. The molecule has 1 aromatic heterocycles. The normalized spacial score (nSPS) is 15.3. The Hall–Kier alpha value is -1.36. The van der Waals surface area contributed by atoms with Gasteiger partial charge in [0.15, 0.2) is 0 Å². The Kier molecular flexibility index (Phi) is 4.36. The Morgan fingerprint density at radius 2 is 2.28 bits per heavy atom. The Bertz CT molecular complexity index is 393. The lowest BCUT2D eigenvalue weighted by Crippen LogP contribution is -2.42. The largest absolute Gasteiger partial charge is 0.396 e. The third kappa shape index (κ3) is 2.72. The molecule has 1 heterocycles. The number of hydrogen-bond acceptors (Lipinski definition) is 5. The summed E-state index contributed by atoms with van der Waals surface area (Å²) in [5.74, 6) is 1.66. The second-order valence-electron chi connectivity index (χ2n) is 4.81. The average Bonchev–Trinajstić information content (AvgIpc) is 2.33. The van der Waals surface area contributed by atoms with Gasteiger partial charge in [0.05, 0.1) is 0 Å². The number of rotatable bonds is 6. The first-order valence-corrected chi connectivity index (χ1v) is 6.65. The van der Waals surface area contributed by atoms with Crippen LogP contribution in [0.3, 0.4) is 0 Å². The molecule has 0 saturated heterocycles. The SMILES string of the molecule is CNc1ncc(C)c(N(CCCO)C2CCC2)n1. The maximum absolute atomic E-state index is 9.03. The maximum Gasteiger partial charge on any atom is 0.224 e. The first kappa shape index (κ1) is 13.1. The van der Waals surface area contributed by atoms with Crippen molar-refractivity contribution in [2.24, 2.45) is 0 Å². The van der Waals surface area contributed by atoms with E-state index in [1.807, 2.05) is 20.2 Å². The predicted molar refractivity (Wildman–Crippen MR) is 73.0 cm³/mol. The molecular weight excluding hydrogens is 228 g/mol. The number of nitrogens with one attached hydrogen (secondary N) is 1. The van der Waals surface area contributed by atoms with Gasteiger partial charge >= 0.3 is 0 Å². The molecule has 1 aliphatic rings. The van der Waals surface area contributed by atoms with Gasteiger partial charge in [0.2, 0.25) is 5.95 Å². The van der Waals surface area contributed by atoms with E-state index in [9.17, 15) is 0 Å². The van der Waals surface area contributed by atoms with Crippen LogP contribution < -0.4 is 10.2 Å². The minimum Gasteiger partial charge on any atom is -0.396 e. The zero-order valence-corrected chi connectivity index (χ0v) is 11.2. The molecule has 2 rings (SSSR count). The maximum atomic E-state index is 9.03. The summed E-state index contributed by atoms with van der Waals surface area (Å²) in [7, 11) is 1.83. The summed E-state index contributed by atoms with van der Waals surface area (Å²) in [6, 6.07) is 0.579. The van der Waals surface area contributed by atoms with E-state index >= 15 is 0 Å². The molecule has 0 unspecified atom stereocenters. The fraction of sp³-hybridized carbons (Fsp3) is 0.692. The Labute approximate surface area is 108 Å². The molecule has 2 N–H and O–H groups in total. The molecule has 0 aliphatic heterocycles. The van der Waals surface area contributed by atoms with E-state index in [1.165, 1.54) is 19.3 Å². The van der Waals surface area contributed by atoms with Crippen molar-refractivity contribution < 1.29 is 5.11 Å². The Morgan fingerprint density at radius 1 is 1.50 bits per heavy atom. The summed E-state index contributed by atoms with van der Waals surface area (Å²) < 4.78 is 0. The number of aromatic nitrogens is 2. The molecule has 1 aromatic rings. The van der Waals surface area contributed by atoms with E-state index in [4.69, 9.17) is 5.11 Å². The lowest BCUT2D eigenvalue weighted by atomic mass is 9.91. The number of anilines is 2. The molecule has 0 aromatic carbocycles. The number of aliphatic hydroxyl groups is 1. The highest BCUT2D eigenvalue weighted by atomic mass is 16.3. The van der Waals surface area contributed by atoms with E-state index in [0.717, 1.165) is 24.3 Å². The van der Waals surface area contributed by atoms with Crippen molar-refractivity contribution in [3.63, 3.8) is 0 Å². The van der Waals surface area contributed by atoms with Gasteiger partial charge < -0.3 is 15.3 Å². The zero-order chi connectivity index (χ0) is 13.0. The molecule has 5 heteroatoms. The Morgan fingerprint density at radius 3 is 2.83 bits per heavy atom. The van der Waals surface area contributed by atoms with Crippen LogP contribution in [-0.2, 0) is 0 Å². The van der Waals surface area contributed by atoms with Crippen LogP contribution in [0.25, 0.3) is 0 Å². The van der Waals surface area contributed by atoms with Crippen molar-refractivity contribution in [1.82, 2.24) is 9.97 Å². The number of nitrogens with zero attached hydrogens (tertiary/aromatic N) is 3. The first-order chi connectivity index (χ1) is 8.76. The highest BCUT2D eigenvalue weighted by molar-refractivity contribution is 5.50. The van der Waals surface area contributed by atoms with Gasteiger partial charge in [0.1, 0.15) is 5.82 Å². The minimum absolute atomic E-state index is 0.228. The van der Waals surface area contributed by atoms with E-state index < -0.39 is 0 Å². The van der Waals surface area contributed by atoms with Crippen LogP contribution in [0.1, 0.15) is 31.2 Å². The van der Waals surface area contributed by atoms with Gasteiger partial charge in [0, 0.05) is 38.0 Å². The molecule has 18 heavy (non-hydrogen) atoms. The molecule has 0 radical (unpaired) electrons. The van der Waals surface area contributed by atoms with Crippen molar-refractivity contribution in [1.29, 1.82) is 0 Å². The highest BCUT2D eigenvalue weighted by Gasteiger charge is 2.26. The molecular formula is C13H22N4O. The third-order valence-electron chi connectivity index (χ3n) is 3.51. The molecule has 0 amide bonds. The van der Waals surface area contributed by atoms with E-state index in [-0.39, 0.29) is 6.61 Å². The molecule has 0 bridgehead atoms. The van der Waals surface area contributed by atoms with Crippen molar-refractivity contribution >= 4 is 11.8 Å². The second kappa shape index (κ2) is 6.00. The number of aryl methyl sites for hydroxylation is 1. The molecule has 1 saturated carbocycles. The number of aliphatic hydroxyl groups excluding tert-OH is 1. The van der Waals surface area contributed by atoms with Gasteiger partial charge in [-0.25, -0.2) is 4.98 Å². The minimum atomic E-state index is 0.228. The van der Waals surface area contributed by atoms with E-state index in [1.54, 1.807) is 0 Å². The summed E-state index contributed by atoms with van der Waals surface area (Å²) in [6.45, 7) is 3.13. The fourth-order valence-corrected chi connectivity index (χ4v) is 2.25. The smallest absolute Gasteiger partial charge is 0.224 e. The van der Waals surface area contributed by atoms with Crippen LogP contribution in [0.4, 0.5) is 11.8 Å². The summed E-state index contributed by atoms with van der Waals surface area (Å²) >= 11 is 0. The molecule has 1 aliphatic carbocycles. The van der Waals surface area contributed by atoms with Gasteiger partial charge in [-0.1, -0.05) is 0 Å². The van der Waals surface area contributed by atoms with Crippen molar-refractivity contribution in [2.45, 2.75) is 38.6 Å². The van der Waals surface area contributed by atoms with E-state index in [2.05, 4.69) is 20.2 Å². The zero-order valence-electron chi connectivity index (χ0n) is 11.2. The second-order valence-corrected chi connectivity index (χ2v) is 4.81. The van der Waals surface area contributed by atoms with Crippen LogP contribution >= 0.6 is 0 Å². The topological polar surface area (TPSA) is 61.3 Å². The monoisotopic (exact) mass is 250 g/mol. The average molecular weight is 250 g/mol.